The van der Waals surface area contributed by atoms with Crippen LogP contribution in [0.5, 0.6) is 0 Å². The van der Waals surface area contributed by atoms with Crippen LogP contribution in [-0.4, -0.2) is 11.5 Å². The molecule has 1 aliphatic heterocycles. The van der Waals surface area contributed by atoms with Gasteiger partial charge in [0.1, 0.15) is 0 Å². The molecule has 0 unspecified atom stereocenters. The van der Waals surface area contributed by atoms with Crippen molar-refractivity contribution in [1.82, 2.24) is 4.44 Å². The largest absolute Gasteiger partial charge is 0.254 e. The lowest BCUT2D eigenvalue weighted by molar-refractivity contribution is 0.764. The molecular formula is C33H37NP2. The monoisotopic (exact) mass is 509 g/mol. The van der Waals surface area contributed by atoms with Crippen LogP contribution in [0.25, 0.3) is 0 Å². The summed E-state index contributed by atoms with van der Waals surface area (Å²) < 4.78 is 2.83. The molecule has 1 heterocycles. The predicted octanol–water partition coefficient (Wildman–Crippen LogP) is 8.87. The molecule has 0 spiro atoms. The van der Waals surface area contributed by atoms with Crippen LogP contribution in [0.2, 0.25) is 0 Å². The highest BCUT2D eigenvalue weighted by Gasteiger charge is 2.43. The second-order valence-corrected chi connectivity index (χ2v) is 15.5. The van der Waals surface area contributed by atoms with E-state index in [1.807, 2.05) is 0 Å². The number of rotatable bonds is 6. The van der Waals surface area contributed by atoms with Crippen molar-refractivity contribution in [2.75, 3.05) is 7.05 Å². The Balaban J connectivity index is 1.65. The molecule has 3 heteroatoms. The molecule has 0 N–H and O–H groups in total. The zero-order valence-electron chi connectivity index (χ0n) is 22.1. The topological polar surface area (TPSA) is 3.24 Å². The fraction of sp³-hybridized carbons (Fsp3) is 0.273. The van der Waals surface area contributed by atoms with Gasteiger partial charge in [-0.25, -0.2) is 0 Å². The highest BCUT2D eigenvalue weighted by Crippen LogP contribution is 2.75. The van der Waals surface area contributed by atoms with Crippen molar-refractivity contribution in [1.29, 1.82) is 0 Å². The number of hydrogen-bond acceptors (Lipinski definition) is 1. The summed E-state index contributed by atoms with van der Waals surface area (Å²) in [6.45, 7) is 9.00. The number of aryl methyl sites for hydroxylation is 4. The van der Waals surface area contributed by atoms with E-state index in [4.69, 9.17) is 0 Å². The van der Waals surface area contributed by atoms with Gasteiger partial charge in [-0.3, -0.25) is 4.44 Å². The fourth-order valence-electron chi connectivity index (χ4n) is 5.97. The van der Waals surface area contributed by atoms with E-state index in [1.165, 1.54) is 56.8 Å². The lowest BCUT2D eigenvalue weighted by atomic mass is 9.99. The summed E-state index contributed by atoms with van der Waals surface area (Å²) in [5.41, 5.74) is 9.74. The van der Waals surface area contributed by atoms with Crippen LogP contribution in [0.4, 0.5) is 0 Å². The number of benzene rings is 4. The van der Waals surface area contributed by atoms with Gasteiger partial charge in [0.15, 0.2) is 0 Å². The molecule has 1 fully saturated rings. The summed E-state index contributed by atoms with van der Waals surface area (Å²) in [7, 11) is 1.34. The molecule has 0 bridgehead atoms. The molecule has 0 radical (unpaired) electrons. The standard InChI is InChI=1S/C33H37NP2/c1-24-18-25(2)21-28(20-24)32-16-17-33(29-22-26(3)19-27(4)23-29)36(32)34(5)35(30-12-8-6-9-13-30)31-14-10-7-11-15-31/h6-15,18-23,32-33H,16-17H2,1-5H3/t32-,33-/m0/s1. The first-order chi connectivity index (χ1) is 17.4. The Kier molecular flexibility index (Phi) is 7.73. The molecule has 4 aromatic rings. The van der Waals surface area contributed by atoms with E-state index in [0.717, 1.165) is 0 Å². The maximum absolute atomic E-state index is 2.83. The molecule has 4 aromatic carbocycles. The molecule has 0 amide bonds. The van der Waals surface area contributed by atoms with Gasteiger partial charge in [-0.15, -0.1) is 0 Å². The first-order valence-corrected chi connectivity index (χ1v) is 15.7. The summed E-state index contributed by atoms with van der Waals surface area (Å²) >= 11 is 0. The van der Waals surface area contributed by atoms with Crippen LogP contribution < -0.4 is 10.6 Å². The van der Waals surface area contributed by atoms with Gasteiger partial charge in [-0.2, -0.15) is 0 Å². The third-order valence-electron chi connectivity index (χ3n) is 7.23. The average Bonchev–Trinajstić information content (AvgIpc) is 3.30. The van der Waals surface area contributed by atoms with Gasteiger partial charge < -0.3 is 0 Å². The molecule has 0 aliphatic carbocycles. The molecule has 0 saturated carbocycles. The van der Waals surface area contributed by atoms with Crippen molar-refractivity contribution < 1.29 is 0 Å². The van der Waals surface area contributed by atoms with Crippen molar-refractivity contribution in [3.05, 3.63) is 130 Å². The van der Waals surface area contributed by atoms with Gasteiger partial charge in [-0.05, 0) is 77.4 Å². The van der Waals surface area contributed by atoms with Crippen LogP contribution in [0.1, 0.15) is 57.5 Å². The molecule has 1 nitrogen and oxygen atoms in total. The predicted molar refractivity (Wildman–Crippen MR) is 160 cm³/mol. The van der Waals surface area contributed by atoms with Crippen molar-refractivity contribution in [3.8, 4) is 0 Å². The molecule has 1 saturated heterocycles. The van der Waals surface area contributed by atoms with Crippen LogP contribution >= 0.6 is 16.1 Å². The quantitative estimate of drug-likeness (QED) is 0.235. The minimum Gasteiger partial charge on any atom is -0.254 e. The van der Waals surface area contributed by atoms with E-state index in [1.54, 1.807) is 0 Å². The Morgan fingerprint density at radius 2 is 0.944 bits per heavy atom. The minimum absolute atomic E-state index is 0.460. The van der Waals surface area contributed by atoms with Crippen molar-refractivity contribution >= 4 is 26.8 Å². The van der Waals surface area contributed by atoms with Gasteiger partial charge in [-0.1, -0.05) is 119 Å². The normalized spacial score (nSPS) is 18.3. The fourth-order valence-corrected chi connectivity index (χ4v) is 13.0. The summed E-state index contributed by atoms with van der Waals surface area (Å²) in [6, 6.07) is 36.9. The van der Waals surface area contributed by atoms with Gasteiger partial charge in [0.25, 0.3) is 0 Å². The molecule has 0 aromatic heterocycles. The summed E-state index contributed by atoms with van der Waals surface area (Å²) in [6.07, 6.45) is 2.51. The summed E-state index contributed by atoms with van der Waals surface area (Å²) in [4.78, 5) is 0. The molecule has 5 rings (SSSR count). The van der Waals surface area contributed by atoms with Crippen LogP contribution in [-0.2, 0) is 0 Å². The van der Waals surface area contributed by atoms with Crippen LogP contribution in [0, 0.1) is 27.7 Å². The summed E-state index contributed by atoms with van der Waals surface area (Å²) in [5.74, 6) is 0. The van der Waals surface area contributed by atoms with E-state index in [9.17, 15) is 0 Å². The second kappa shape index (κ2) is 11.0. The Morgan fingerprint density at radius 3 is 1.31 bits per heavy atom. The van der Waals surface area contributed by atoms with Gasteiger partial charge in [0, 0.05) is 19.4 Å². The number of nitrogens with zero attached hydrogens (tertiary/aromatic N) is 1. The zero-order chi connectivity index (χ0) is 25.2. The van der Waals surface area contributed by atoms with E-state index < -0.39 is 16.1 Å². The number of hydrogen-bond donors (Lipinski definition) is 0. The smallest absolute Gasteiger partial charge is 0.0315 e. The Bertz CT molecular complexity index is 1180. The molecular weight excluding hydrogens is 472 g/mol. The van der Waals surface area contributed by atoms with E-state index in [-0.39, 0.29) is 0 Å². The highest BCUT2D eigenvalue weighted by atomic mass is 31.2. The molecule has 1 aliphatic rings. The minimum atomic E-state index is -0.626. The Morgan fingerprint density at radius 1 is 0.583 bits per heavy atom. The molecule has 184 valence electrons. The summed E-state index contributed by atoms with van der Waals surface area (Å²) in [5, 5.41) is 2.88. The third-order valence-corrected chi connectivity index (χ3v) is 13.6. The first-order valence-electron chi connectivity index (χ1n) is 13.0. The molecule has 2 atom stereocenters. The van der Waals surface area contributed by atoms with Gasteiger partial charge >= 0.3 is 0 Å². The molecule has 36 heavy (non-hydrogen) atoms. The van der Waals surface area contributed by atoms with Crippen molar-refractivity contribution in [2.45, 2.75) is 51.9 Å². The van der Waals surface area contributed by atoms with E-state index >= 15 is 0 Å². The van der Waals surface area contributed by atoms with Gasteiger partial charge in [0.05, 0.1) is 0 Å². The van der Waals surface area contributed by atoms with Crippen LogP contribution in [0.15, 0.2) is 97.1 Å². The lowest BCUT2D eigenvalue weighted by Crippen LogP contribution is -2.24. The van der Waals surface area contributed by atoms with Gasteiger partial charge in [0.2, 0.25) is 0 Å². The van der Waals surface area contributed by atoms with Crippen LogP contribution in [0.3, 0.4) is 0 Å². The highest BCUT2D eigenvalue weighted by molar-refractivity contribution is 7.79. The SMILES string of the molecule is Cc1cc(C)cc([C@@H]2CC[C@@H](c3cc(C)cc(C)c3)P2N(C)P(c2ccccc2)c2ccccc2)c1. The second-order valence-electron chi connectivity index (χ2n) is 10.3. The van der Waals surface area contributed by atoms with Crippen molar-refractivity contribution in [2.24, 2.45) is 0 Å². The lowest BCUT2D eigenvalue weighted by Gasteiger charge is -2.40. The van der Waals surface area contributed by atoms with E-state index in [2.05, 4.69) is 136 Å². The average molecular weight is 510 g/mol. The zero-order valence-corrected chi connectivity index (χ0v) is 23.9. The maximum atomic E-state index is 2.83. The first kappa shape index (κ1) is 25.4. The maximum Gasteiger partial charge on any atom is 0.0315 e. The Labute approximate surface area is 220 Å². The van der Waals surface area contributed by atoms with Crippen molar-refractivity contribution in [3.63, 3.8) is 0 Å². The third kappa shape index (κ3) is 5.35. The van der Waals surface area contributed by atoms with E-state index in [0.29, 0.717) is 11.3 Å². The Hall–Kier alpha value is -2.30.